The maximum Gasteiger partial charge on any atom is 0.253 e. The highest BCUT2D eigenvalue weighted by Crippen LogP contribution is 2.22. The first-order chi connectivity index (χ1) is 9.11. The number of piperidine rings is 1. The SMILES string of the molecule is Cc1cc(C(=O)N2CCCC(CCN)C2)ccc1Cl.Cl. The van der Waals surface area contributed by atoms with E-state index in [1.807, 2.05) is 24.0 Å². The van der Waals surface area contributed by atoms with Crippen LogP contribution < -0.4 is 5.73 Å². The van der Waals surface area contributed by atoms with Crippen LogP contribution in [0.3, 0.4) is 0 Å². The normalized spacial score (nSPS) is 18.6. The van der Waals surface area contributed by atoms with Crippen LogP contribution in [-0.4, -0.2) is 30.4 Å². The summed E-state index contributed by atoms with van der Waals surface area (Å²) in [6, 6.07) is 5.48. The lowest BCUT2D eigenvalue weighted by Crippen LogP contribution is -2.40. The monoisotopic (exact) mass is 316 g/mol. The lowest BCUT2D eigenvalue weighted by molar-refractivity contribution is 0.0669. The zero-order chi connectivity index (χ0) is 13.8. The molecule has 5 heteroatoms. The number of rotatable bonds is 3. The number of hydrogen-bond acceptors (Lipinski definition) is 2. The lowest BCUT2D eigenvalue weighted by Gasteiger charge is -2.32. The van der Waals surface area contributed by atoms with Crippen molar-refractivity contribution in [2.24, 2.45) is 11.7 Å². The molecule has 1 aromatic rings. The Morgan fingerprint density at radius 2 is 2.25 bits per heavy atom. The van der Waals surface area contributed by atoms with E-state index in [1.165, 1.54) is 6.42 Å². The average molecular weight is 317 g/mol. The third-order valence-electron chi connectivity index (χ3n) is 3.79. The number of nitrogens with zero attached hydrogens (tertiary/aromatic N) is 1. The summed E-state index contributed by atoms with van der Waals surface area (Å²) in [5.41, 5.74) is 7.29. The minimum absolute atomic E-state index is 0. The Hall–Kier alpha value is -0.770. The molecule has 2 N–H and O–H groups in total. The fraction of sp³-hybridized carbons (Fsp3) is 0.533. The molecule has 1 unspecified atom stereocenters. The predicted molar refractivity (Wildman–Crippen MR) is 85.7 cm³/mol. The quantitative estimate of drug-likeness (QED) is 0.930. The van der Waals surface area contributed by atoms with E-state index >= 15 is 0 Å². The number of nitrogens with two attached hydrogens (primary N) is 1. The van der Waals surface area contributed by atoms with E-state index in [2.05, 4.69) is 0 Å². The zero-order valence-corrected chi connectivity index (χ0v) is 13.3. The maximum absolute atomic E-state index is 12.5. The third-order valence-corrected chi connectivity index (χ3v) is 4.21. The summed E-state index contributed by atoms with van der Waals surface area (Å²) < 4.78 is 0. The largest absolute Gasteiger partial charge is 0.338 e. The molecule has 1 heterocycles. The first-order valence-corrected chi connectivity index (χ1v) is 7.25. The molecular formula is C15H22Cl2N2O. The summed E-state index contributed by atoms with van der Waals surface area (Å²) in [7, 11) is 0. The molecule has 1 aliphatic rings. The van der Waals surface area contributed by atoms with Crippen LogP contribution in [0.2, 0.25) is 5.02 Å². The van der Waals surface area contributed by atoms with Gasteiger partial charge >= 0.3 is 0 Å². The summed E-state index contributed by atoms with van der Waals surface area (Å²) in [4.78, 5) is 14.4. The molecule has 1 saturated heterocycles. The number of carbonyl (C=O) groups excluding carboxylic acids is 1. The van der Waals surface area contributed by atoms with Crippen molar-refractivity contribution in [2.75, 3.05) is 19.6 Å². The number of hydrogen-bond donors (Lipinski definition) is 1. The minimum atomic E-state index is 0. The molecule has 20 heavy (non-hydrogen) atoms. The standard InChI is InChI=1S/C15H21ClN2O.ClH/c1-11-9-13(4-5-14(11)16)15(19)18-8-2-3-12(10-18)6-7-17;/h4-5,9,12H,2-3,6-8,10,17H2,1H3;1H. The van der Waals surface area contributed by atoms with Crippen LogP contribution in [0.4, 0.5) is 0 Å². The molecule has 1 fully saturated rings. The van der Waals surface area contributed by atoms with E-state index in [1.54, 1.807) is 6.07 Å². The number of aryl methyl sites for hydroxylation is 1. The molecule has 0 aromatic heterocycles. The number of halogens is 2. The lowest BCUT2D eigenvalue weighted by atomic mass is 9.94. The molecular weight excluding hydrogens is 295 g/mol. The molecule has 0 saturated carbocycles. The summed E-state index contributed by atoms with van der Waals surface area (Å²) in [6.07, 6.45) is 3.26. The topological polar surface area (TPSA) is 46.3 Å². The van der Waals surface area contributed by atoms with Gasteiger partial charge in [-0.25, -0.2) is 0 Å². The molecule has 1 aromatic carbocycles. The van der Waals surface area contributed by atoms with Gasteiger partial charge in [-0.2, -0.15) is 0 Å². The summed E-state index contributed by atoms with van der Waals surface area (Å²) in [5, 5.41) is 0.705. The van der Waals surface area contributed by atoms with Crippen LogP contribution in [-0.2, 0) is 0 Å². The van der Waals surface area contributed by atoms with Gasteiger partial charge in [-0.1, -0.05) is 11.6 Å². The van der Waals surface area contributed by atoms with Gasteiger partial charge in [0.25, 0.3) is 5.91 Å². The van der Waals surface area contributed by atoms with Crippen molar-refractivity contribution in [2.45, 2.75) is 26.2 Å². The van der Waals surface area contributed by atoms with Gasteiger partial charge in [-0.05, 0) is 62.4 Å². The predicted octanol–water partition coefficient (Wildman–Crippen LogP) is 3.27. The van der Waals surface area contributed by atoms with Gasteiger partial charge in [-0.15, -0.1) is 12.4 Å². The fourth-order valence-corrected chi connectivity index (χ4v) is 2.80. The van der Waals surface area contributed by atoms with Gasteiger partial charge in [0, 0.05) is 23.7 Å². The first-order valence-electron chi connectivity index (χ1n) is 6.87. The van der Waals surface area contributed by atoms with Crippen molar-refractivity contribution in [1.82, 2.24) is 4.90 Å². The van der Waals surface area contributed by atoms with Gasteiger partial charge in [0.05, 0.1) is 0 Å². The molecule has 2 rings (SSSR count). The second-order valence-electron chi connectivity index (χ2n) is 5.30. The van der Waals surface area contributed by atoms with Gasteiger partial charge < -0.3 is 10.6 Å². The number of carbonyl (C=O) groups is 1. The molecule has 3 nitrogen and oxygen atoms in total. The van der Waals surface area contributed by atoms with Crippen molar-refractivity contribution in [3.8, 4) is 0 Å². The summed E-state index contributed by atoms with van der Waals surface area (Å²) in [6.45, 7) is 4.30. The van der Waals surface area contributed by atoms with E-state index in [0.717, 1.165) is 37.1 Å². The van der Waals surface area contributed by atoms with E-state index in [-0.39, 0.29) is 18.3 Å². The van der Waals surface area contributed by atoms with E-state index in [0.29, 0.717) is 17.5 Å². The van der Waals surface area contributed by atoms with Crippen LogP contribution in [0, 0.1) is 12.8 Å². The van der Waals surface area contributed by atoms with E-state index in [9.17, 15) is 4.79 Å². The van der Waals surface area contributed by atoms with Crippen molar-refractivity contribution in [1.29, 1.82) is 0 Å². The van der Waals surface area contributed by atoms with Crippen molar-refractivity contribution < 1.29 is 4.79 Å². The smallest absolute Gasteiger partial charge is 0.253 e. The van der Waals surface area contributed by atoms with Crippen LogP contribution in [0.25, 0.3) is 0 Å². The molecule has 0 radical (unpaired) electrons. The minimum Gasteiger partial charge on any atom is -0.338 e. The molecule has 1 aliphatic heterocycles. The van der Waals surface area contributed by atoms with Gasteiger partial charge in [0.2, 0.25) is 0 Å². The fourth-order valence-electron chi connectivity index (χ4n) is 2.68. The number of benzene rings is 1. The Kier molecular flexibility index (Phi) is 6.80. The van der Waals surface area contributed by atoms with Crippen LogP contribution in [0.5, 0.6) is 0 Å². The Balaban J connectivity index is 0.00000200. The van der Waals surface area contributed by atoms with Crippen molar-refractivity contribution in [3.05, 3.63) is 34.3 Å². The highest BCUT2D eigenvalue weighted by molar-refractivity contribution is 6.31. The Labute approximate surface area is 131 Å². The highest BCUT2D eigenvalue weighted by atomic mass is 35.5. The zero-order valence-electron chi connectivity index (χ0n) is 11.8. The number of likely N-dealkylation sites (tertiary alicyclic amines) is 1. The van der Waals surface area contributed by atoms with Crippen LogP contribution in [0.15, 0.2) is 18.2 Å². The van der Waals surface area contributed by atoms with E-state index in [4.69, 9.17) is 17.3 Å². The van der Waals surface area contributed by atoms with Crippen molar-refractivity contribution >= 4 is 29.9 Å². The second-order valence-corrected chi connectivity index (χ2v) is 5.71. The van der Waals surface area contributed by atoms with Gasteiger partial charge in [0.1, 0.15) is 0 Å². The van der Waals surface area contributed by atoms with Gasteiger partial charge in [0.15, 0.2) is 0 Å². The van der Waals surface area contributed by atoms with Crippen LogP contribution in [0.1, 0.15) is 35.2 Å². The first kappa shape index (κ1) is 17.3. The molecule has 1 amide bonds. The Bertz CT molecular complexity index is 463. The summed E-state index contributed by atoms with van der Waals surface area (Å²) in [5.74, 6) is 0.664. The van der Waals surface area contributed by atoms with E-state index < -0.39 is 0 Å². The van der Waals surface area contributed by atoms with Gasteiger partial charge in [-0.3, -0.25) is 4.79 Å². The highest BCUT2D eigenvalue weighted by Gasteiger charge is 2.24. The Morgan fingerprint density at radius 3 is 2.90 bits per heavy atom. The molecule has 1 atom stereocenters. The molecule has 0 aliphatic carbocycles. The molecule has 112 valence electrons. The Morgan fingerprint density at radius 1 is 1.50 bits per heavy atom. The average Bonchev–Trinajstić information content (AvgIpc) is 2.42. The summed E-state index contributed by atoms with van der Waals surface area (Å²) >= 11 is 6.00. The number of amides is 1. The maximum atomic E-state index is 12.5. The molecule has 0 spiro atoms. The molecule has 0 bridgehead atoms. The third kappa shape index (κ3) is 4.11. The van der Waals surface area contributed by atoms with Crippen molar-refractivity contribution in [3.63, 3.8) is 0 Å². The van der Waals surface area contributed by atoms with Crippen LogP contribution >= 0.6 is 24.0 Å². The second kappa shape index (κ2) is 7.87.